The first-order valence-electron chi connectivity index (χ1n) is 11.2. The number of aromatic nitrogens is 2. The summed E-state index contributed by atoms with van der Waals surface area (Å²) >= 11 is 0. The van der Waals surface area contributed by atoms with Crippen molar-refractivity contribution in [1.82, 2.24) is 15.3 Å². The summed E-state index contributed by atoms with van der Waals surface area (Å²) in [6.07, 6.45) is -2.79. The zero-order valence-corrected chi connectivity index (χ0v) is 18.1. The largest absolute Gasteiger partial charge is 0.391 e. The summed E-state index contributed by atoms with van der Waals surface area (Å²) in [7, 11) is 1.40. The van der Waals surface area contributed by atoms with E-state index in [0.29, 0.717) is 12.8 Å². The molecule has 0 bridgehead atoms. The van der Waals surface area contributed by atoms with E-state index >= 15 is 0 Å². The van der Waals surface area contributed by atoms with E-state index in [1.807, 2.05) is 0 Å². The Morgan fingerprint density at radius 2 is 2.00 bits per heavy atom. The van der Waals surface area contributed by atoms with Gasteiger partial charge in [-0.2, -0.15) is 13.2 Å². The van der Waals surface area contributed by atoms with Crippen LogP contribution in [-0.2, 0) is 0 Å². The van der Waals surface area contributed by atoms with Crippen molar-refractivity contribution < 1.29 is 26.7 Å². The molecule has 2 N–H and O–H groups in total. The van der Waals surface area contributed by atoms with Crippen molar-refractivity contribution in [3.63, 3.8) is 0 Å². The van der Waals surface area contributed by atoms with Gasteiger partial charge in [-0.15, -0.1) is 0 Å². The molecule has 0 radical (unpaired) electrons. The van der Waals surface area contributed by atoms with Crippen LogP contribution in [0.25, 0.3) is 10.9 Å². The molecule has 0 aliphatic heterocycles. The number of carbonyl (C=O) groups is 1. The Hall–Kier alpha value is -2.52. The second kappa shape index (κ2) is 8.68. The van der Waals surface area contributed by atoms with E-state index in [1.54, 1.807) is 0 Å². The number of H-pyrrole nitrogens is 1. The topological polar surface area (TPSA) is 74.8 Å². The van der Waals surface area contributed by atoms with Gasteiger partial charge in [-0.1, -0.05) is 12.8 Å². The van der Waals surface area contributed by atoms with Crippen molar-refractivity contribution in [1.29, 1.82) is 0 Å². The van der Waals surface area contributed by atoms with E-state index in [0.717, 1.165) is 0 Å². The predicted octanol–water partition coefficient (Wildman–Crippen LogP) is 5.17. The van der Waals surface area contributed by atoms with Gasteiger partial charge in [0, 0.05) is 43.8 Å². The molecular formula is C23H26F5N3O2. The number of amides is 1. The van der Waals surface area contributed by atoms with Crippen LogP contribution in [0.1, 0.15) is 67.0 Å². The standard InChI is InChI=1S/C23H26F5N3O2/c1-29-21(33)20-19-16(6-8-30-20)31-17(10-18(19)32)15-11-22(24,25)7-5-14(15)12-3-2-4-13(9-12)23(26,27)28/h6,8,10,12-15H,2-5,7,9,11H2,1H3,(H,29,33)(H,31,32)/t12?,13?,14-,15+/m0/s1. The number of hydrogen-bond donors (Lipinski definition) is 2. The molecule has 4 rings (SSSR count). The molecule has 180 valence electrons. The third-order valence-corrected chi connectivity index (χ3v) is 7.27. The molecular weight excluding hydrogens is 445 g/mol. The molecule has 1 amide bonds. The molecule has 5 nitrogen and oxygen atoms in total. The molecule has 2 unspecified atom stereocenters. The van der Waals surface area contributed by atoms with Gasteiger partial charge in [-0.05, 0) is 37.2 Å². The van der Waals surface area contributed by atoms with Crippen molar-refractivity contribution in [3.05, 3.63) is 39.9 Å². The highest BCUT2D eigenvalue weighted by molar-refractivity contribution is 6.04. The molecule has 0 aromatic carbocycles. The number of carbonyl (C=O) groups excluding carboxylic acids is 1. The fourth-order valence-corrected chi connectivity index (χ4v) is 5.68. The van der Waals surface area contributed by atoms with Crippen LogP contribution in [0.3, 0.4) is 0 Å². The van der Waals surface area contributed by atoms with Crippen LogP contribution in [-0.4, -0.2) is 35.0 Å². The Balaban J connectivity index is 1.74. The van der Waals surface area contributed by atoms with Crippen LogP contribution < -0.4 is 10.7 Å². The second-order valence-corrected chi connectivity index (χ2v) is 9.28. The quantitative estimate of drug-likeness (QED) is 0.607. The highest BCUT2D eigenvalue weighted by atomic mass is 19.4. The van der Waals surface area contributed by atoms with E-state index in [-0.39, 0.29) is 59.8 Å². The summed E-state index contributed by atoms with van der Waals surface area (Å²) in [6.45, 7) is 0. The van der Waals surface area contributed by atoms with E-state index < -0.39 is 41.7 Å². The fourth-order valence-electron chi connectivity index (χ4n) is 5.68. The van der Waals surface area contributed by atoms with Crippen LogP contribution >= 0.6 is 0 Å². The van der Waals surface area contributed by atoms with Gasteiger partial charge >= 0.3 is 6.18 Å². The SMILES string of the molecule is CNC(=O)c1nccc2[nH]c([C@@H]3CC(F)(F)CC[C@H]3C3CCCC(C(F)(F)F)C3)cc(=O)c12. The normalized spacial score (nSPS) is 27.9. The Morgan fingerprint density at radius 3 is 2.70 bits per heavy atom. The minimum absolute atomic E-state index is 0.0505. The molecule has 4 atom stereocenters. The zero-order valence-electron chi connectivity index (χ0n) is 18.1. The lowest BCUT2D eigenvalue weighted by Gasteiger charge is -2.43. The Labute approximate surface area is 187 Å². The van der Waals surface area contributed by atoms with Crippen molar-refractivity contribution in [2.24, 2.45) is 17.8 Å². The third-order valence-electron chi connectivity index (χ3n) is 7.27. The van der Waals surface area contributed by atoms with Crippen LogP contribution in [0.2, 0.25) is 0 Å². The lowest BCUT2D eigenvalue weighted by Crippen LogP contribution is -2.39. The minimum atomic E-state index is -4.30. The lowest BCUT2D eigenvalue weighted by molar-refractivity contribution is -0.189. The number of hydrogen-bond acceptors (Lipinski definition) is 3. The van der Waals surface area contributed by atoms with Crippen LogP contribution in [0.15, 0.2) is 23.1 Å². The van der Waals surface area contributed by atoms with Crippen molar-refractivity contribution >= 4 is 16.8 Å². The smallest absolute Gasteiger partial charge is 0.358 e. The molecule has 33 heavy (non-hydrogen) atoms. The van der Waals surface area contributed by atoms with Crippen LogP contribution in [0.4, 0.5) is 22.0 Å². The molecule has 2 aromatic rings. The lowest BCUT2D eigenvalue weighted by atomic mass is 9.64. The van der Waals surface area contributed by atoms with Gasteiger partial charge in [-0.3, -0.25) is 14.6 Å². The Morgan fingerprint density at radius 1 is 1.24 bits per heavy atom. The molecule has 2 saturated carbocycles. The van der Waals surface area contributed by atoms with E-state index in [1.165, 1.54) is 25.4 Å². The summed E-state index contributed by atoms with van der Waals surface area (Å²) in [6, 6.07) is 2.70. The number of pyridine rings is 2. The van der Waals surface area contributed by atoms with Crippen molar-refractivity contribution in [3.8, 4) is 0 Å². The third kappa shape index (κ3) is 4.75. The molecule has 2 aromatic heterocycles. The number of nitrogens with zero attached hydrogens (tertiary/aromatic N) is 1. The molecule has 2 aliphatic rings. The fraction of sp³-hybridized carbons (Fsp3) is 0.609. The van der Waals surface area contributed by atoms with Gasteiger partial charge in [0.05, 0.1) is 16.8 Å². The first kappa shape index (κ1) is 23.6. The molecule has 0 spiro atoms. The molecule has 2 fully saturated rings. The van der Waals surface area contributed by atoms with Gasteiger partial charge in [0.25, 0.3) is 5.91 Å². The number of rotatable bonds is 3. The number of alkyl halides is 5. The van der Waals surface area contributed by atoms with Gasteiger partial charge in [0.1, 0.15) is 5.69 Å². The Bertz CT molecular complexity index is 1100. The van der Waals surface area contributed by atoms with E-state index in [4.69, 9.17) is 0 Å². The maximum absolute atomic E-state index is 14.4. The van der Waals surface area contributed by atoms with Crippen LogP contribution in [0.5, 0.6) is 0 Å². The summed E-state index contributed by atoms with van der Waals surface area (Å²) < 4.78 is 69.0. The number of halogens is 5. The van der Waals surface area contributed by atoms with E-state index in [9.17, 15) is 31.5 Å². The van der Waals surface area contributed by atoms with Crippen molar-refractivity contribution in [2.45, 2.75) is 63.0 Å². The zero-order chi connectivity index (χ0) is 24.0. The monoisotopic (exact) mass is 471 g/mol. The summed E-state index contributed by atoms with van der Waals surface area (Å²) in [5, 5.41) is 2.46. The van der Waals surface area contributed by atoms with Gasteiger partial charge in [0.15, 0.2) is 5.43 Å². The van der Waals surface area contributed by atoms with Crippen molar-refractivity contribution in [2.75, 3.05) is 7.05 Å². The first-order valence-corrected chi connectivity index (χ1v) is 11.2. The van der Waals surface area contributed by atoms with Gasteiger partial charge in [0.2, 0.25) is 5.92 Å². The average molecular weight is 471 g/mol. The summed E-state index contributed by atoms with van der Waals surface area (Å²) in [5.74, 6) is -6.44. The number of fused-ring (bicyclic) bond motifs is 1. The average Bonchev–Trinajstić information content (AvgIpc) is 2.77. The highest BCUT2D eigenvalue weighted by Crippen LogP contribution is 2.52. The summed E-state index contributed by atoms with van der Waals surface area (Å²) in [4.78, 5) is 32.0. The second-order valence-electron chi connectivity index (χ2n) is 9.28. The van der Waals surface area contributed by atoms with Gasteiger partial charge < -0.3 is 10.3 Å². The maximum Gasteiger partial charge on any atom is 0.391 e. The minimum Gasteiger partial charge on any atom is -0.358 e. The first-order chi connectivity index (χ1) is 15.5. The Kier molecular flexibility index (Phi) is 6.22. The van der Waals surface area contributed by atoms with Crippen LogP contribution in [0, 0.1) is 17.8 Å². The highest BCUT2D eigenvalue weighted by Gasteiger charge is 2.49. The summed E-state index contributed by atoms with van der Waals surface area (Å²) in [5.41, 5.74) is -0.0425. The molecule has 0 saturated heterocycles. The number of nitrogens with one attached hydrogen (secondary N) is 2. The predicted molar refractivity (Wildman–Crippen MR) is 112 cm³/mol. The maximum atomic E-state index is 14.4. The molecule has 2 heterocycles. The number of aromatic amines is 1. The molecule has 2 aliphatic carbocycles. The van der Waals surface area contributed by atoms with Gasteiger partial charge in [-0.25, -0.2) is 8.78 Å². The van der Waals surface area contributed by atoms with E-state index in [2.05, 4.69) is 15.3 Å². The molecule has 10 heteroatoms.